The Morgan fingerprint density at radius 2 is 2.18 bits per heavy atom. The van der Waals surface area contributed by atoms with Crippen molar-refractivity contribution in [3.8, 4) is 10.4 Å². The summed E-state index contributed by atoms with van der Waals surface area (Å²) < 4.78 is 5.51. The number of nitrogens with two attached hydrogens (primary N) is 1. The molecule has 2 atom stereocenters. The summed E-state index contributed by atoms with van der Waals surface area (Å²) in [7, 11) is 0. The highest BCUT2D eigenvalue weighted by Gasteiger charge is 2.56. The van der Waals surface area contributed by atoms with Crippen LogP contribution < -0.4 is 5.73 Å². The van der Waals surface area contributed by atoms with Gasteiger partial charge in [0.1, 0.15) is 0 Å². The number of hydrogen-bond donors (Lipinski definition) is 1. The first-order valence-electron chi connectivity index (χ1n) is 6.15. The van der Waals surface area contributed by atoms with Crippen LogP contribution in [0.1, 0.15) is 30.9 Å². The minimum absolute atomic E-state index is 0.549. The second-order valence-corrected chi connectivity index (χ2v) is 6.02. The minimum Gasteiger partial charge on any atom is -0.380 e. The fourth-order valence-electron chi connectivity index (χ4n) is 3.42. The summed E-state index contributed by atoms with van der Waals surface area (Å²) in [4.78, 5) is 1.18. The molecule has 0 spiro atoms. The van der Waals surface area contributed by atoms with Crippen LogP contribution in [0.5, 0.6) is 0 Å². The van der Waals surface area contributed by atoms with E-state index in [2.05, 4.69) is 16.6 Å². The van der Waals surface area contributed by atoms with Gasteiger partial charge in [-0.15, -0.1) is 11.3 Å². The zero-order valence-electron chi connectivity index (χ0n) is 9.43. The fraction of sp³-hybridized carbons (Fsp3) is 0.462. The first-order valence-corrected chi connectivity index (χ1v) is 7.03. The molecule has 0 aliphatic heterocycles. The van der Waals surface area contributed by atoms with Crippen molar-refractivity contribution in [1.82, 2.24) is 5.16 Å². The van der Waals surface area contributed by atoms with Gasteiger partial charge in [0.25, 0.3) is 0 Å². The van der Waals surface area contributed by atoms with Gasteiger partial charge in [-0.3, -0.25) is 0 Å². The summed E-state index contributed by atoms with van der Waals surface area (Å²) in [6.07, 6.45) is 4.07. The van der Waals surface area contributed by atoms with Crippen molar-refractivity contribution in [2.75, 3.05) is 5.73 Å². The van der Waals surface area contributed by atoms with Crippen molar-refractivity contribution in [2.24, 2.45) is 11.8 Å². The van der Waals surface area contributed by atoms with E-state index >= 15 is 0 Å². The lowest BCUT2D eigenvalue weighted by molar-refractivity contribution is 0.376. The minimum atomic E-state index is 0.549. The van der Waals surface area contributed by atoms with Crippen molar-refractivity contribution in [1.29, 1.82) is 0 Å². The molecule has 2 heterocycles. The van der Waals surface area contributed by atoms with E-state index < -0.39 is 0 Å². The van der Waals surface area contributed by atoms with Gasteiger partial charge in [0.05, 0.1) is 5.56 Å². The van der Waals surface area contributed by atoms with Gasteiger partial charge in [-0.1, -0.05) is 17.6 Å². The van der Waals surface area contributed by atoms with E-state index in [0.717, 1.165) is 23.2 Å². The van der Waals surface area contributed by atoms with Crippen molar-refractivity contribution in [2.45, 2.75) is 25.2 Å². The smallest absolute Gasteiger partial charge is 0.175 e. The number of thiophene rings is 1. The predicted octanol–water partition coefficient (Wildman–Crippen LogP) is 3.50. The molecule has 4 heteroatoms. The van der Waals surface area contributed by atoms with Crippen molar-refractivity contribution >= 4 is 17.2 Å². The maximum Gasteiger partial charge on any atom is 0.175 e. The Kier molecular flexibility index (Phi) is 1.92. The van der Waals surface area contributed by atoms with Gasteiger partial charge in [-0.2, -0.15) is 0 Å². The molecular formula is C13H14N2OS. The zero-order valence-corrected chi connectivity index (χ0v) is 10.2. The van der Waals surface area contributed by atoms with Crippen molar-refractivity contribution in [3.05, 3.63) is 23.3 Å². The van der Waals surface area contributed by atoms with E-state index in [1.165, 1.54) is 24.1 Å². The van der Waals surface area contributed by atoms with E-state index in [-0.39, 0.29) is 0 Å². The highest BCUT2D eigenvalue weighted by Crippen LogP contribution is 2.64. The van der Waals surface area contributed by atoms with Crippen LogP contribution in [0, 0.1) is 11.8 Å². The fourth-order valence-corrected chi connectivity index (χ4v) is 4.21. The van der Waals surface area contributed by atoms with E-state index in [1.807, 2.05) is 6.07 Å². The molecule has 2 aromatic rings. The predicted molar refractivity (Wildman–Crippen MR) is 67.8 cm³/mol. The summed E-state index contributed by atoms with van der Waals surface area (Å²) in [5.74, 6) is 3.85. The summed E-state index contributed by atoms with van der Waals surface area (Å²) in [5.41, 5.74) is 7.01. The van der Waals surface area contributed by atoms with Gasteiger partial charge in [-0.05, 0) is 36.1 Å². The molecule has 0 aromatic carbocycles. The van der Waals surface area contributed by atoms with Crippen LogP contribution in [0.25, 0.3) is 10.4 Å². The van der Waals surface area contributed by atoms with Crippen LogP contribution in [0.2, 0.25) is 0 Å². The van der Waals surface area contributed by atoms with E-state index in [1.54, 1.807) is 11.3 Å². The van der Waals surface area contributed by atoms with Crippen LogP contribution in [0.3, 0.4) is 0 Å². The molecule has 4 rings (SSSR count). The molecule has 2 fully saturated rings. The van der Waals surface area contributed by atoms with E-state index in [4.69, 9.17) is 10.3 Å². The lowest BCUT2D eigenvalue weighted by atomic mass is 10.1. The molecule has 2 aliphatic rings. The maximum atomic E-state index is 5.95. The number of nitrogen functional groups attached to an aromatic ring is 1. The summed E-state index contributed by atoms with van der Waals surface area (Å²) >= 11 is 1.70. The molecule has 2 aliphatic carbocycles. The Bertz CT molecular complexity index is 536. The van der Waals surface area contributed by atoms with Crippen LogP contribution in [0.15, 0.2) is 22.0 Å². The first-order chi connectivity index (χ1) is 8.36. The van der Waals surface area contributed by atoms with Crippen LogP contribution in [0.4, 0.5) is 5.82 Å². The quantitative estimate of drug-likeness (QED) is 0.882. The van der Waals surface area contributed by atoms with Gasteiger partial charge in [0, 0.05) is 10.8 Å². The normalized spacial score (nSPS) is 30.5. The molecule has 0 saturated heterocycles. The number of rotatable bonds is 2. The molecule has 0 amide bonds. The molecule has 3 nitrogen and oxygen atoms in total. The average Bonchev–Trinajstić information content (AvgIpc) is 2.84. The molecular weight excluding hydrogens is 232 g/mol. The van der Waals surface area contributed by atoms with Crippen LogP contribution in [-0.2, 0) is 0 Å². The Balaban J connectivity index is 1.77. The molecule has 2 aromatic heterocycles. The summed E-state index contributed by atoms with van der Waals surface area (Å²) in [6.45, 7) is 0. The third-order valence-electron chi connectivity index (χ3n) is 4.22. The number of aromatic nitrogens is 1. The van der Waals surface area contributed by atoms with Crippen molar-refractivity contribution in [3.63, 3.8) is 0 Å². The van der Waals surface area contributed by atoms with Gasteiger partial charge >= 0.3 is 0 Å². The summed E-state index contributed by atoms with van der Waals surface area (Å²) in [5, 5.41) is 6.04. The monoisotopic (exact) mass is 246 g/mol. The van der Waals surface area contributed by atoms with E-state index in [0.29, 0.717) is 11.7 Å². The molecule has 2 saturated carbocycles. The largest absolute Gasteiger partial charge is 0.380 e. The van der Waals surface area contributed by atoms with Crippen molar-refractivity contribution < 1.29 is 4.52 Å². The molecule has 2 unspecified atom stereocenters. The van der Waals surface area contributed by atoms with E-state index in [9.17, 15) is 0 Å². The van der Waals surface area contributed by atoms with Gasteiger partial charge < -0.3 is 10.3 Å². The lowest BCUT2D eigenvalue weighted by Gasteiger charge is -2.01. The Hall–Kier alpha value is -1.29. The lowest BCUT2D eigenvalue weighted by Crippen LogP contribution is -1.90. The highest BCUT2D eigenvalue weighted by atomic mass is 32.1. The van der Waals surface area contributed by atoms with Gasteiger partial charge in [0.15, 0.2) is 11.6 Å². The first kappa shape index (κ1) is 9.71. The number of fused-ring (bicyclic) bond motifs is 1. The number of hydrogen-bond acceptors (Lipinski definition) is 4. The molecule has 0 bridgehead atoms. The molecule has 17 heavy (non-hydrogen) atoms. The Morgan fingerprint density at radius 3 is 2.88 bits per heavy atom. The third kappa shape index (κ3) is 1.30. The topological polar surface area (TPSA) is 52.0 Å². The van der Waals surface area contributed by atoms with Gasteiger partial charge in [0.2, 0.25) is 0 Å². The Morgan fingerprint density at radius 1 is 1.35 bits per heavy atom. The highest BCUT2D eigenvalue weighted by molar-refractivity contribution is 7.13. The second kappa shape index (κ2) is 3.35. The second-order valence-electron chi connectivity index (χ2n) is 5.07. The SMILES string of the molecule is Nc1noc(C2C3CCCC32)c1-c1cccs1. The van der Waals surface area contributed by atoms with Crippen LogP contribution >= 0.6 is 11.3 Å². The molecule has 88 valence electrons. The Labute approximate surface area is 104 Å². The number of nitrogens with zero attached hydrogens (tertiary/aromatic N) is 1. The number of anilines is 1. The maximum absolute atomic E-state index is 5.95. The molecule has 0 radical (unpaired) electrons. The van der Waals surface area contributed by atoms with Gasteiger partial charge in [-0.25, -0.2) is 0 Å². The van der Waals surface area contributed by atoms with Crippen LogP contribution in [-0.4, -0.2) is 5.16 Å². The average molecular weight is 246 g/mol. The summed E-state index contributed by atoms with van der Waals surface area (Å²) in [6, 6.07) is 4.14. The third-order valence-corrected chi connectivity index (χ3v) is 5.11. The molecule has 2 N–H and O–H groups in total. The zero-order chi connectivity index (χ0) is 11.4. The standard InChI is InChI=1S/C13H14N2OS/c14-13-11(9-5-2-6-17-9)12(16-15-13)10-7-3-1-4-8(7)10/h2,5-8,10H,1,3-4H2,(H2,14,15).